The van der Waals surface area contributed by atoms with Crippen molar-refractivity contribution in [1.29, 1.82) is 0 Å². The minimum Gasteiger partial charge on any atom is -0.459 e. The van der Waals surface area contributed by atoms with E-state index in [2.05, 4.69) is 5.48 Å². The number of hydroxylamine groups is 1. The van der Waals surface area contributed by atoms with E-state index in [0.29, 0.717) is 23.4 Å². The summed E-state index contributed by atoms with van der Waals surface area (Å²) >= 11 is 0. The van der Waals surface area contributed by atoms with Crippen molar-refractivity contribution in [2.75, 3.05) is 6.54 Å². The van der Waals surface area contributed by atoms with Crippen LogP contribution in [0.1, 0.15) is 42.6 Å². The lowest BCUT2D eigenvalue weighted by atomic mass is 9.95. The van der Waals surface area contributed by atoms with E-state index in [0.717, 1.165) is 6.29 Å². The number of fused-ring (bicyclic) bond motifs is 1. The molecule has 1 aromatic carbocycles. The third-order valence-electron chi connectivity index (χ3n) is 2.71. The third kappa shape index (κ3) is 3.12. The monoisotopic (exact) mass is 263 g/mol. The Morgan fingerprint density at radius 3 is 2.84 bits per heavy atom. The molecular formula is C14H17NO4. The van der Waals surface area contributed by atoms with Gasteiger partial charge in [-0.2, -0.15) is 5.48 Å². The zero-order valence-electron chi connectivity index (χ0n) is 11.2. The zero-order valence-corrected chi connectivity index (χ0v) is 11.2. The molecule has 0 saturated carbocycles. The van der Waals surface area contributed by atoms with E-state index in [4.69, 9.17) is 9.57 Å². The van der Waals surface area contributed by atoms with Gasteiger partial charge in [0.25, 0.3) is 0 Å². The summed E-state index contributed by atoms with van der Waals surface area (Å²) in [6.45, 7) is 5.78. The number of hydrogen-bond donors (Lipinski definition) is 1. The van der Waals surface area contributed by atoms with Gasteiger partial charge in [0.1, 0.15) is 17.8 Å². The number of carbonyl (C=O) groups is 2. The predicted molar refractivity (Wildman–Crippen MR) is 69.0 cm³/mol. The smallest absolute Gasteiger partial charge is 0.315 e. The molecular weight excluding hydrogens is 246 g/mol. The van der Waals surface area contributed by atoms with E-state index in [1.54, 1.807) is 18.2 Å². The molecule has 0 bridgehead atoms. The van der Waals surface area contributed by atoms with Gasteiger partial charge in [0.15, 0.2) is 5.75 Å². The first-order valence-electron chi connectivity index (χ1n) is 6.12. The lowest BCUT2D eigenvalue weighted by Crippen LogP contribution is -2.37. The van der Waals surface area contributed by atoms with Crippen molar-refractivity contribution in [1.82, 2.24) is 5.48 Å². The summed E-state index contributed by atoms with van der Waals surface area (Å²) in [6.07, 6.45) is 0.745. The van der Waals surface area contributed by atoms with Crippen molar-refractivity contribution in [3.05, 3.63) is 29.3 Å². The third-order valence-corrected chi connectivity index (χ3v) is 2.71. The topological polar surface area (TPSA) is 64.6 Å². The number of ether oxygens (including phenoxy) is 1. The van der Waals surface area contributed by atoms with Crippen LogP contribution in [0.25, 0.3) is 0 Å². The van der Waals surface area contributed by atoms with E-state index in [9.17, 15) is 9.59 Å². The van der Waals surface area contributed by atoms with Crippen LogP contribution in [0.15, 0.2) is 18.2 Å². The van der Waals surface area contributed by atoms with Crippen molar-refractivity contribution in [3.63, 3.8) is 0 Å². The molecule has 0 spiro atoms. The average Bonchev–Trinajstić information content (AvgIpc) is 2.35. The van der Waals surface area contributed by atoms with Crippen molar-refractivity contribution < 1.29 is 19.2 Å². The van der Waals surface area contributed by atoms with Crippen LogP contribution >= 0.6 is 0 Å². The highest BCUT2D eigenvalue weighted by molar-refractivity contribution is 5.82. The van der Waals surface area contributed by atoms with Crippen LogP contribution in [0.3, 0.4) is 0 Å². The lowest BCUT2D eigenvalue weighted by Gasteiger charge is -2.28. The Labute approximate surface area is 111 Å². The summed E-state index contributed by atoms with van der Waals surface area (Å²) < 4.78 is 5.38. The van der Waals surface area contributed by atoms with Gasteiger partial charge in [-0.3, -0.25) is 9.59 Å². The number of rotatable bonds is 2. The second kappa shape index (κ2) is 5.01. The molecule has 1 N–H and O–H groups in total. The molecule has 1 heterocycles. The van der Waals surface area contributed by atoms with Gasteiger partial charge in [-0.1, -0.05) is 0 Å². The minimum absolute atomic E-state index is 0.324. The molecule has 0 radical (unpaired) electrons. The van der Waals surface area contributed by atoms with Crippen molar-refractivity contribution in [2.45, 2.75) is 32.3 Å². The molecule has 0 aromatic heterocycles. The first kappa shape index (κ1) is 13.5. The Morgan fingerprint density at radius 2 is 2.21 bits per heavy atom. The standard InChI is InChI=1S/C14H17NO4/c1-14(2,3)18-13(17)11-7-15-19-12-5-4-9(8-16)6-10(11)12/h4-6,8,11,15H,7H2,1-3H3. The molecule has 0 amide bonds. The molecule has 1 atom stereocenters. The fraction of sp³-hybridized carbons (Fsp3) is 0.429. The second-order valence-corrected chi connectivity index (χ2v) is 5.45. The van der Waals surface area contributed by atoms with Gasteiger partial charge in [0.2, 0.25) is 0 Å². The Bertz CT molecular complexity index is 505. The normalized spacial score (nSPS) is 18.2. The van der Waals surface area contributed by atoms with Gasteiger partial charge in [-0.15, -0.1) is 0 Å². The summed E-state index contributed by atoms with van der Waals surface area (Å²) in [5, 5.41) is 0. The Hall–Kier alpha value is -1.88. The molecule has 19 heavy (non-hydrogen) atoms. The summed E-state index contributed by atoms with van der Waals surface area (Å²) in [7, 11) is 0. The first-order valence-corrected chi connectivity index (χ1v) is 6.12. The fourth-order valence-corrected chi connectivity index (χ4v) is 1.90. The van der Waals surface area contributed by atoms with E-state index >= 15 is 0 Å². The molecule has 0 aliphatic carbocycles. The van der Waals surface area contributed by atoms with Gasteiger partial charge in [0.05, 0.1) is 0 Å². The van der Waals surface area contributed by atoms with Crippen LogP contribution in [0.5, 0.6) is 5.75 Å². The average molecular weight is 263 g/mol. The molecule has 102 valence electrons. The Morgan fingerprint density at radius 1 is 1.47 bits per heavy atom. The van der Waals surface area contributed by atoms with Crippen LogP contribution < -0.4 is 10.3 Å². The highest BCUT2D eigenvalue weighted by Crippen LogP contribution is 2.31. The van der Waals surface area contributed by atoms with Crippen LogP contribution in [0.2, 0.25) is 0 Å². The summed E-state index contributed by atoms with van der Waals surface area (Å²) in [4.78, 5) is 28.3. The Balaban J connectivity index is 2.30. The maximum absolute atomic E-state index is 12.2. The van der Waals surface area contributed by atoms with Gasteiger partial charge in [-0.25, -0.2) is 0 Å². The van der Waals surface area contributed by atoms with Crippen LogP contribution in [0.4, 0.5) is 0 Å². The van der Waals surface area contributed by atoms with E-state index < -0.39 is 11.5 Å². The van der Waals surface area contributed by atoms with Gasteiger partial charge in [-0.05, 0) is 39.0 Å². The SMILES string of the molecule is CC(C)(C)OC(=O)C1CNOc2ccc(C=O)cc21. The molecule has 5 heteroatoms. The largest absolute Gasteiger partial charge is 0.459 e. The number of esters is 1. The number of hydrogen-bond acceptors (Lipinski definition) is 5. The maximum atomic E-state index is 12.2. The summed E-state index contributed by atoms with van der Waals surface area (Å²) in [5.41, 5.74) is 3.35. The Kier molecular flexibility index (Phi) is 3.57. The summed E-state index contributed by atoms with van der Waals surface area (Å²) in [6, 6.07) is 4.98. The number of benzene rings is 1. The number of nitrogens with one attached hydrogen (secondary N) is 1. The quantitative estimate of drug-likeness (QED) is 0.651. The van der Waals surface area contributed by atoms with Crippen LogP contribution in [-0.4, -0.2) is 24.4 Å². The maximum Gasteiger partial charge on any atom is 0.315 e. The van der Waals surface area contributed by atoms with Gasteiger partial charge < -0.3 is 9.57 Å². The molecule has 5 nitrogen and oxygen atoms in total. The highest BCUT2D eigenvalue weighted by atomic mass is 16.6. The minimum atomic E-state index is -0.544. The van der Waals surface area contributed by atoms with E-state index in [1.807, 2.05) is 20.8 Å². The number of aldehydes is 1. The van der Waals surface area contributed by atoms with Gasteiger partial charge in [0, 0.05) is 17.7 Å². The predicted octanol–water partition coefficient (Wildman–Crippen LogP) is 1.82. The molecule has 2 rings (SSSR count). The molecule has 0 fully saturated rings. The van der Waals surface area contributed by atoms with Crippen molar-refractivity contribution >= 4 is 12.3 Å². The van der Waals surface area contributed by atoms with E-state index in [1.165, 1.54) is 0 Å². The van der Waals surface area contributed by atoms with Crippen molar-refractivity contribution in [3.8, 4) is 5.75 Å². The second-order valence-electron chi connectivity index (χ2n) is 5.45. The molecule has 1 unspecified atom stereocenters. The number of carbonyl (C=O) groups excluding carboxylic acids is 2. The van der Waals surface area contributed by atoms with Gasteiger partial charge >= 0.3 is 5.97 Å². The molecule has 1 aliphatic heterocycles. The van der Waals surface area contributed by atoms with E-state index in [-0.39, 0.29) is 5.97 Å². The zero-order chi connectivity index (χ0) is 14.0. The first-order chi connectivity index (χ1) is 8.90. The fourth-order valence-electron chi connectivity index (χ4n) is 1.90. The molecule has 0 saturated heterocycles. The van der Waals surface area contributed by atoms with Crippen LogP contribution in [0, 0.1) is 0 Å². The summed E-state index contributed by atoms with van der Waals surface area (Å²) in [5.74, 6) is -0.247. The van der Waals surface area contributed by atoms with Crippen LogP contribution in [-0.2, 0) is 9.53 Å². The lowest BCUT2D eigenvalue weighted by molar-refractivity contribution is -0.157. The molecule has 1 aliphatic rings. The highest BCUT2D eigenvalue weighted by Gasteiger charge is 2.31. The van der Waals surface area contributed by atoms with Crippen molar-refractivity contribution in [2.24, 2.45) is 0 Å². The molecule has 1 aromatic rings.